The Hall–Kier alpha value is -2.74. The highest BCUT2D eigenvalue weighted by Crippen LogP contribution is 2.43. The Morgan fingerprint density at radius 3 is 2.75 bits per heavy atom. The maximum atomic E-state index is 12.4. The highest BCUT2D eigenvalue weighted by atomic mass is 16.5. The number of nitriles is 1. The summed E-state index contributed by atoms with van der Waals surface area (Å²) in [5.74, 6) is 1.32. The van der Waals surface area contributed by atoms with E-state index in [1.54, 1.807) is 7.11 Å². The van der Waals surface area contributed by atoms with Crippen LogP contribution >= 0.6 is 0 Å². The van der Waals surface area contributed by atoms with E-state index in [9.17, 15) is 10.1 Å². The highest BCUT2D eigenvalue weighted by molar-refractivity contribution is 5.81. The average molecular weight is 322 g/mol. The number of fused-ring (bicyclic) bond motifs is 3. The molecule has 24 heavy (non-hydrogen) atoms. The van der Waals surface area contributed by atoms with Crippen molar-refractivity contribution in [3.8, 4) is 23.1 Å². The molecule has 2 aliphatic rings. The Morgan fingerprint density at radius 1 is 1.25 bits per heavy atom. The lowest BCUT2D eigenvalue weighted by atomic mass is 10.0. The number of hydrogen-bond acceptors (Lipinski definition) is 5. The molecule has 0 radical (unpaired) electrons. The van der Waals surface area contributed by atoms with E-state index in [-0.39, 0.29) is 5.56 Å². The van der Waals surface area contributed by atoms with Gasteiger partial charge >= 0.3 is 5.63 Å². The van der Waals surface area contributed by atoms with Gasteiger partial charge in [0.25, 0.3) is 0 Å². The number of piperidine rings is 1. The first-order valence-corrected chi connectivity index (χ1v) is 8.25. The molecule has 5 heteroatoms. The van der Waals surface area contributed by atoms with Crippen molar-refractivity contribution in [3.05, 3.63) is 45.3 Å². The Morgan fingerprint density at radius 2 is 2.04 bits per heavy atom. The molecule has 0 unspecified atom stereocenters. The van der Waals surface area contributed by atoms with Crippen LogP contribution in [0.4, 0.5) is 5.69 Å². The molecular formula is C19H18N2O3. The van der Waals surface area contributed by atoms with Crippen LogP contribution in [-0.4, -0.2) is 20.2 Å². The van der Waals surface area contributed by atoms with Gasteiger partial charge in [-0.3, -0.25) is 0 Å². The maximum Gasteiger partial charge on any atom is 0.356 e. The predicted octanol–water partition coefficient (Wildman–Crippen LogP) is 3.08. The van der Waals surface area contributed by atoms with Crippen molar-refractivity contribution in [2.75, 3.05) is 25.1 Å². The molecule has 0 N–H and O–H groups in total. The van der Waals surface area contributed by atoms with Gasteiger partial charge in [-0.05, 0) is 37.0 Å². The molecule has 1 aromatic carbocycles. The van der Waals surface area contributed by atoms with Gasteiger partial charge in [0, 0.05) is 30.6 Å². The number of ether oxygens (including phenoxy) is 1. The van der Waals surface area contributed by atoms with Crippen molar-refractivity contribution in [1.29, 1.82) is 5.26 Å². The topological polar surface area (TPSA) is 66.5 Å². The zero-order chi connectivity index (χ0) is 16.7. The molecular weight excluding hydrogens is 304 g/mol. The molecule has 1 aliphatic heterocycles. The van der Waals surface area contributed by atoms with E-state index in [0.717, 1.165) is 54.1 Å². The smallest absolute Gasteiger partial charge is 0.356 e. The van der Waals surface area contributed by atoms with Gasteiger partial charge in [0.05, 0.1) is 12.8 Å². The number of methoxy groups -OCH3 is 1. The van der Waals surface area contributed by atoms with Gasteiger partial charge in [-0.2, -0.15) is 5.26 Å². The van der Waals surface area contributed by atoms with Crippen LogP contribution in [0.15, 0.2) is 27.4 Å². The molecule has 4 rings (SSSR count). The third-order valence-electron chi connectivity index (χ3n) is 4.91. The molecule has 122 valence electrons. The van der Waals surface area contributed by atoms with Gasteiger partial charge in [-0.15, -0.1) is 0 Å². The first kappa shape index (κ1) is 14.8. The summed E-state index contributed by atoms with van der Waals surface area (Å²) < 4.78 is 10.8. The van der Waals surface area contributed by atoms with Gasteiger partial charge in [0.1, 0.15) is 17.6 Å². The standard InChI is InChI=1S/C19H18N2O3/c1-23-13-6-5-12-9-15-17(21-7-3-2-4-8-21)16(11-20)19(22)24-18(15)14(12)10-13/h5-6,10H,2-4,7-9H2,1H3. The number of anilines is 1. The molecule has 1 aromatic heterocycles. The lowest BCUT2D eigenvalue weighted by molar-refractivity contribution is 0.414. The predicted molar refractivity (Wildman–Crippen MR) is 90.6 cm³/mol. The summed E-state index contributed by atoms with van der Waals surface area (Å²) in [6.07, 6.45) is 4.04. The minimum absolute atomic E-state index is 0.135. The summed E-state index contributed by atoms with van der Waals surface area (Å²) in [5, 5.41) is 9.50. The minimum Gasteiger partial charge on any atom is -0.497 e. The summed E-state index contributed by atoms with van der Waals surface area (Å²) >= 11 is 0. The molecule has 2 aromatic rings. The van der Waals surface area contributed by atoms with Crippen LogP contribution in [0.3, 0.4) is 0 Å². The van der Waals surface area contributed by atoms with Crippen molar-refractivity contribution in [2.24, 2.45) is 0 Å². The second-order valence-electron chi connectivity index (χ2n) is 6.28. The maximum absolute atomic E-state index is 12.4. The normalized spacial score (nSPS) is 15.6. The van der Waals surface area contributed by atoms with E-state index in [1.807, 2.05) is 18.2 Å². The van der Waals surface area contributed by atoms with E-state index >= 15 is 0 Å². The number of benzene rings is 1. The largest absolute Gasteiger partial charge is 0.497 e. The zero-order valence-electron chi connectivity index (χ0n) is 13.6. The monoisotopic (exact) mass is 322 g/mol. The second-order valence-corrected chi connectivity index (χ2v) is 6.28. The summed E-state index contributed by atoms with van der Waals surface area (Å²) in [5.41, 5.74) is 3.31. The van der Waals surface area contributed by atoms with Crippen LogP contribution in [-0.2, 0) is 6.42 Å². The molecule has 2 heterocycles. The van der Waals surface area contributed by atoms with E-state index in [2.05, 4.69) is 11.0 Å². The molecule has 1 fully saturated rings. The van der Waals surface area contributed by atoms with Gasteiger partial charge in [0.2, 0.25) is 0 Å². The van der Waals surface area contributed by atoms with E-state index < -0.39 is 5.63 Å². The fourth-order valence-corrected chi connectivity index (χ4v) is 3.75. The van der Waals surface area contributed by atoms with E-state index in [4.69, 9.17) is 9.15 Å². The van der Waals surface area contributed by atoms with Gasteiger partial charge < -0.3 is 14.1 Å². The van der Waals surface area contributed by atoms with Gasteiger partial charge in [-0.25, -0.2) is 4.79 Å². The Labute approximate surface area is 140 Å². The van der Waals surface area contributed by atoms with Crippen molar-refractivity contribution < 1.29 is 9.15 Å². The Balaban J connectivity index is 1.94. The summed E-state index contributed by atoms with van der Waals surface area (Å²) in [7, 11) is 1.62. The third kappa shape index (κ3) is 2.18. The molecule has 0 saturated carbocycles. The zero-order valence-corrected chi connectivity index (χ0v) is 13.6. The molecule has 5 nitrogen and oxygen atoms in total. The molecule has 0 bridgehead atoms. The summed E-state index contributed by atoms with van der Waals surface area (Å²) in [6, 6.07) is 7.88. The van der Waals surface area contributed by atoms with Crippen molar-refractivity contribution in [3.63, 3.8) is 0 Å². The molecule has 1 aliphatic carbocycles. The van der Waals surface area contributed by atoms with Crippen LogP contribution in [0.2, 0.25) is 0 Å². The number of rotatable bonds is 2. The minimum atomic E-state index is -0.549. The van der Waals surface area contributed by atoms with Crippen LogP contribution in [0.5, 0.6) is 5.75 Å². The quantitative estimate of drug-likeness (QED) is 0.725. The first-order chi connectivity index (χ1) is 11.7. The first-order valence-electron chi connectivity index (χ1n) is 8.25. The second kappa shape index (κ2) is 5.72. The van der Waals surface area contributed by atoms with Crippen LogP contribution in [0, 0.1) is 11.3 Å². The lowest BCUT2D eigenvalue weighted by Gasteiger charge is -2.30. The molecule has 0 amide bonds. The summed E-state index contributed by atoms with van der Waals surface area (Å²) in [6.45, 7) is 1.76. The fraction of sp³-hybridized carbons (Fsp3) is 0.368. The van der Waals surface area contributed by atoms with Gasteiger partial charge in [-0.1, -0.05) is 6.07 Å². The van der Waals surface area contributed by atoms with E-state index in [1.165, 1.54) is 6.42 Å². The Bertz CT molecular complexity index is 902. The molecule has 0 spiro atoms. The third-order valence-corrected chi connectivity index (χ3v) is 4.91. The molecule has 0 atom stereocenters. The van der Waals surface area contributed by atoms with Crippen LogP contribution in [0.1, 0.15) is 36.0 Å². The highest BCUT2D eigenvalue weighted by Gasteiger charge is 2.31. The number of hydrogen-bond donors (Lipinski definition) is 0. The van der Waals surface area contributed by atoms with E-state index in [0.29, 0.717) is 12.2 Å². The average Bonchev–Trinajstić information content (AvgIpc) is 2.98. The SMILES string of the molecule is COc1ccc2c(c1)-c1oc(=O)c(C#N)c(N3CCCCC3)c1C2. The number of nitrogens with zero attached hydrogens (tertiary/aromatic N) is 2. The summed E-state index contributed by atoms with van der Waals surface area (Å²) in [4.78, 5) is 14.6. The lowest BCUT2D eigenvalue weighted by Crippen LogP contribution is -2.32. The molecule has 1 saturated heterocycles. The van der Waals surface area contributed by atoms with Gasteiger partial charge in [0.15, 0.2) is 5.56 Å². The van der Waals surface area contributed by atoms with Crippen molar-refractivity contribution in [2.45, 2.75) is 25.7 Å². The fourth-order valence-electron chi connectivity index (χ4n) is 3.75. The van der Waals surface area contributed by atoms with Crippen LogP contribution in [0.25, 0.3) is 11.3 Å². The Kier molecular flexibility index (Phi) is 3.53. The van der Waals surface area contributed by atoms with Crippen molar-refractivity contribution >= 4 is 5.69 Å². The van der Waals surface area contributed by atoms with Crippen molar-refractivity contribution in [1.82, 2.24) is 0 Å². The van der Waals surface area contributed by atoms with Crippen LogP contribution < -0.4 is 15.3 Å².